The van der Waals surface area contributed by atoms with E-state index in [0.29, 0.717) is 22.5 Å². The summed E-state index contributed by atoms with van der Waals surface area (Å²) >= 11 is 7.08. The summed E-state index contributed by atoms with van der Waals surface area (Å²) in [6.07, 6.45) is 0. The van der Waals surface area contributed by atoms with E-state index in [1.165, 1.54) is 11.3 Å². The fraction of sp³-hybridized carbons (Fsp3) is 0.231. The Hall–Kier alpha value is -1.79. The molecule has 0 aliphatic carbocycles. The molecule has 1 aliphatic heterocycles. The second-order valence-electron chi connectivity index (χ2n) is 4.24. The number of halogens is 1. The zero-order valence-corrected chi connectivity index (χ0v) is 12.2. The predicted molar refractivity (Wildman–Crippen MR) is 75.6 cm³/mol. The Morgan fingerprint density at radius 1 is 1.45 bits per heavy atom. The van der Waals surface area contributed by atoms with Gasteiger partial charge in [0.05, 0.1) is 0 Å². The lowest BCUT2D eigenvalue weighted by Crippen LogP contribution is -2.23. The zero-order valence-electron chi connectivity index (χ0n) is 10.6. The number of benzene rings is 1. The van der Waals surface area contributed by atoms with Gasteiger partial charge in [-0.05, 0) is 24.6 Å². The standard InChI is InChI=1S/C13H11ClN2O3S/c1-7-11(16-13(14)20-7)12(17)15-5-8-2-3-9-10(4-8)19-6-18-9/h2-4H,5-6H2,1H3,(H,15,17). The van der Waals surface area contributed by atoms with Crippen LogP contribution < -0.4 is 14.8 Å². The van der Waals surface area contributed by atoms with Crippen LogP contribution in [0.1, 0.15) is 20.9 Å². The number of amides is 1. The molecule has 0 unspecified atom stereocenters. The Bertz CT molecular complexity index is 672. The van der Waals surface area contributed by atoms with E-state index in [1.807, 2.05) is 25.1 Å². The monoisotopic (exact) mass is 310 g/mol. The van der Waals surface area contributed by atoms with Crippen LogP contribution in [0, 0.1) is 6.92 Å². The highest BCUT2D eigenvalue weighted by atomic mass is 35.5. The van der Waals surface area contributed by atoms with Crippen LogP contribution in [0.4, 0.5) is 0 Å². The number of rotatable bonds is 3. The normalized spacial score (nSPS) is 12.5. The SMILES string of the molecule is Cc1sc(Cl)nc1C(=O)NCc1ccc2c(c1)OCO2. The smallest absolute Gasteiger partial charge is 0.271 e. The molecule has 1 amide bonds. The number of hydrogen-bond acceptors (Lipinski definition) is 5. The predicted octanol–water partition coefficient (Wildman–Crippen LogP) is 2.76. The van der Waals surface area contributed by atoms with Crippen LogP contribution >= 0.6 is 22.9 Å². The van der Waals surface area contributed by atoms with Crippen molar-refractivity contribution in [2.24, 2.45) is 0 Å². The third kappa shape index (κ3) is 2.57. The molecule has 2 aromatic rings. The van der Waals surface area contributed by atoms with E-state index in [2.05, 4.69) is 10.3 Å². The molecule has 1 aromatic heterocycles. The van der Waals surface area contributed by atoms with Crippen molar-refractivity contribution in [1.29, 1.82) is 0 Å². The van der Waals surface area contributed by atoms with Gasteiger partial charge in [0.2, 0.25) is 6.79 Å². The van der Waals surface area contributed by atoms with E-state index < -0.39 is 0 Å². The van der Waals surface area contributed by atoms with Crippen molar-refractivity contribution in [1.82, 2.24) is 10.3 Å². The van der Waals surface area contributed by atoms with Gasteiger partial charge in [-0.15, -0.1) is 11.3 Å². The molecule has 0 radical (unpaired) electrons. The maximum Gasteiger partial charge on any atom is 0.271 e. The van der Waals surface area contributed by atoms with Crippen LogP contribution in [0.3, 0.4) is 0 Å². The minimum atomic E-state index is -0.233. The summed E-state index contributed by atoms with van der Waals surface area (Å²) in [4.78, 5) is 16.8. The Morgan fingerprint density at radius 2 is 2.25 bits per heavy atom. The van der Waals surface area contributed by atoms with Crippen LogP contribution in [-0.4, -0.2) is 17.7 Å². The number of fused-ring (bicyclic) bond motifs is 1. The van der Waals surface area contributed by atoms with Crippen LogP contribution in [-0.2, 0) is 6.54 Å². The first-order valence-electron chi connectivity index (χ1n) is 5.93. The number of aryl methyl sites for hydroxylation is 1. The Kier molecular flexibility index (Phi) is 3.50. The average Bonchev–Trinajstić information content (AvgIpc) is 3.01. The molecular formula is C13H11ClN2O3S. The first-order chi connectivity index (χ1) is 9.63. The lowest BCUT2D eigenvalue weighted by molar-refractivity contribution is 0.0946. The van der Waals surface area contributed by atoms with E-state index in [0.717, 1.165) is 16.2 Å². The molecule has 1 aliphatic rings. The van der Waals surface area contributed by atoms with Gasteiger partial charge < -0.3 is 14.8 Å². The highest BCUT2D eigenvalue weighted by molar-refractivity contribution is 7.15. The zero-order chi connectivity index (χ0) is 14.1. The number of carbonyl (C=O) groups is 1. The van der Waals surface area contributed by atoms with Crippen LogP contribution in [0.15, 0.2) is 18.2 Å². The van der Waals surface area contributed by atoms with Gasteiger partial charge >= 0.3 is 0 Å². The molecule has 2 heterocycles. The van der Waals surface area contributed by atoms with Crippen molar-refractivity contribution in [3.63, 3.8) is 0 Å². The summed E-state index contributed by atoms with van der Waals surface area (Å²) < 4.78 is 10.9. The number of nitrogens with zero attached hydrogens (tertiary/aromatic N) is 1. The summed E-state index contributed by atoms with van der Waals surface area (Å²) in [5.41, 5.74) is 1.31. The van der Waals surface area contributed by atoms with Crippen molar-refractivity contribution in [2.75, 3.05) is 6.79 Å². The topological polar surface area (TPSA) is 60.5 Å². The van der Waals surface area contributed by atoms with Crippen molar-refractivity contribution >= 4 is 28.8 Å². The van der Waals surface area contributed by atoms with Gasteiger partial charge in [0.25, 0.3) is 5.91 Å². The van der Waals surface area contributed by atoms with Crippen molar-refractivity contribution < 1.29 is 14.3 Å². The van der Waals surface area contributed by atoms with E-state index in [9.17, 15) is 4.79 Å². The minimum absolute atomic E-state index is 0.233. The Morgan fingerprint density at radius 3 is 3.00 bits per heavy atom. The highest BCUT2D eigenvalue weighted by Gasteiger charge is 2.16. The first-order valence-corrected chi connectivity index (χ1v) is 7.12. The number of hydrogen-bond donors (Lipinski definition) is 1. The van der Waals surface area contributed by atoms with Crippen molar-refractivity contribution in [2.45, 2.75) is 13.5 Å². The summed E-state index contributed by atoms with van der Waals surface area (Å²) in [5, 5.41) is 2.81. The molecule has 20 heavy (non-hydrogen) atoms. The van der Waals surface area contributed by atoms with Crippen LogP contribution in [0.5, 0.6) is 11.5 Å². The van der Waals surface area contributed by atoms with Crippen LogP contribution in [0.25, 0.3) is 0 Å². The number of thiazole rings is 1. The Balaban J connectivity index is 1.67. The van der Waals surface area contributed by atoms with Crippen molar-refractivity contribution in [3.05, 3.63) is 38.8 Å². The molecule has 5 nitrogen and oxygen atoms in total. The molecule has 1 N–H and O–H groups in total. The molecule has 0 spiro atoms. The Labute approximate surface area is 124 Å². The molecule has 1 aromatic carbocycles. The average molecular weight is 311 g/mol. The maximum atomic E-state index is 12.0. The van der Waals surface area contributed by atoms with Crippen LogP contribution in [0.2, 0.25) is 4.47 Å². The molecule has 104 valence electrons. The summed E-state index contributed by atoms with van der Waals surface area (Å²) in [6.45, 7) is 2.45. The minimum Gasteiger partial charge on any atom is -0.454 e. The van der Waals surface area contributed by atoms with E-state index in [1.54, 1.807) is 0 Å². The van der Waals surface area contributed by atoms with E-state index in [-0.39, 0.29) is 12.7 Å². The van der Waals surface area contributed by atoms with E-state index in [4.69, 9.17) is 21.1 Å². The molecule has 0 bridgehead atoms. The molecule has 0 atom stereocenters. The first kappa shape index (κ1) is 13.2. The third-order valence-corrected chi connectivity index (χ3v) is 3.95. The third-order valence-electron chi connectivity index (χ3n) is 2.88. The molecule has 7 heteroatoms. The quantitative estimate of drug-likeness (QED) is 0.947. The summed E-state index contributed by atoms with van der Waals surface area (Å²) in [6, 6.07) is 5.56. The number of carbonyl (C=O) groups excluding carboxylic acids is 1. The largest absolute Gasteiger partial charge is 0.454 e. The van der Waals surface area contributed by atoms with Gasteiger partial charge in [-0.2, -0.15) is 0 Å². The van der Waals surface area contributed by atoms with Gasteiger partial charge in [-0.3, -0.25) is 4.79 Å². The second-order valence-corrected chi connectivity index (χ2v) is 6.03. The van der Waals surface area contributed by atoms with Gasteiger partial charge in [-0.1, -0.05) is 17.7 Å². The lowest BCUT2D eigenvalue weighted by atomic mass is 10.2. The molecule has 0 saturated heterocycles. The fourth-order valence-corrected chi connectivity index (χ4v) is 2.95. The van der Waals surface area contributed by atoms with Gasteiger partial charge in [0.15, 0.2) is 16.0 Å². The number of nitrogens with one attached hydrogen (secondary N) is 1. The highest BCUT2D eigenvalue weighted by Crippen LogP contribution is 2.32. The molecule has 0 fully saturated rings. The van der Waals surface area contributed by atoms with Crippen molar-refractivity contribution in [3.8, 4) is 11.5 Å². The fourth-order valence-electron chi connectivity index (χ4n) is 1.89. The molecular weight excluding hydrogens is 300 g/mol. The molecule has 0 saturated carbocycles. The van der Waals surface area contributed by atoms with Gasteiger partial charge in [0, 0.05) is 11.4 Å². The molecule has 3 rings (SSSR count). The number of aromatic nitrogens is 1. The second kappa shape index (κ2) is 5.30. The van der Waals surface area contributed by atoms with E-state index >= 15 is 0 Å². The number of ether oxygens (including phenoxy) is 2. The summed E-state index contributed by atoms with van der Waals surface area (Å²) in [5.74, 6) is 1.19. The maximum absolute atomic E-state index is 12.0. The lowest BCUT2D eigenvalue weighted by Gasteiger charge is -2.05. The van der Waals surface area contributed by atoms with Gasteiger partial charge in [0.1, 0.15) is 5.69 Å². The van der Waals surface area contributed by atoms with Gasteiger partial charge in [-0.25, -0.2) is 4.98 Å². The summed E-state index contributed by atoms with van der Waals surface area (Å²) in [7, 11) is 0.